The highest BCUT2D eigenvalue weighted by atomic mass is 35.5. The molecule has 1 aromatic heterocycles. The Bertz CT molecular complexity index is 983. The van der Waals surface area contributed by atoms with Gasteiger partial charge in [-0.05, 0) is 31.0 Å². The lowest BCUT2D eigenvalue weighted by molar-refractivity contribution is -0.132. The lowest BCUT2D eigenvalue weighted by Crippen LogP contribution is -2.59. The van der Waals surface area contributed by atoms with Crippen LogP contribution in [0, 0.1) is 5.92 Å². The summed E-state index contributed by atoms with van der Waals surface area (Å²) in [6.07, 6.45) is 3.51. The molecule has 3 unspecified atom stereocenters. The average Bonchev–Trinajstić information content (AvgIpc) is 3.12. The highest BCUT2D eigenvalue weighted by Crippen LogP contribution is 2.31. The maximum Gasteiger partial charge on any atom is 0.324 e. The van der Waals surface area contributed by atoms with Crippen molar-refractivity contribution < 1.29 is 9.59 Å². The molecule has 31 heavy (non-hydrogen) atoms. The second-order valence-electron chi connectivity index (χ2n) is 9.27. The van der Waals surface area contributed by atoms with Crippen LogP contribution in [0.15, 0.2) is 30.3 Å². The third-order valence-corrected chi connectivity index (χ3v) is 6.06. The van der Waals surface area contributed by atoms with Crippen molar-refractivity contribution >= 4 is 35.0 Å². The van der Waals surface area contributed by atoms with Crippen LogP contribution in [0.2, 0.25) is 5.02 Å². The molecule has 3 atom stereocenters. The molecule has 1 saturated heterocycles. The van der Waals surface area contributed by atoms with Crippen LogP contribution in [0.5, 0.6) is 0 Å². The number of rotatable bonds is 3. The van der Waals surface area contributed by atoms with E-state index in [0.29, 0.717) is 16.5 Å². The molecule has 1 aliphatic heterocycles. The Balaban J connectivity index is 1.57. The van der Waals surface area contributed by atoms with E-state index in [0.717, 1.165) is 31.4 Å². The first-order valence-electron chi connectivity index (χ1n) is 10.7. The number of hydrogen-bond acceptors (Lipinski definition) is 4. The molecule has 0 radical (unpaired) electrons. The molecule has 1 aromatic carbocycles. The number of fused-ring (bicyclic) bond motifs is 1. The number of halogens is 1. The lowest BCUT2D eigenvalue weighted by atomic mass is 9.83. The SMILES string of the molecule is CC(C)(C)c1cc(NC(=O)Nc2cccc(Cl)c2)n(C2NC(=O)C3CCCCC3N2)n1. The number of benzene rings is 1. The Labute approximate surface area is 187 Å². The highest BCUT2D eigenvalue weighted by molar-refractivity contribution is 6.30. The van der Waals surface area contributed by atoms with E-state index in [-0.39, 0.29) is 23.3 Å². The molecule has 2 fully saturated rings. The summed E-state index contributed by atoms with van der Waals surface area (Å²) in [7, 11) is 0. The van der Waals surface area contributed by atoms with Crippen molar-refractivity contribution in [1.82, 2.24) is 20.4 Å². The van der Waals surface area contributed by atoms with Crippen molar-refractivity contribution in [2.45, 2.75) is 64.2 Å². The molecule has 166 valence electrons. The van der Waals surface area contributed by atoms with E-state index >= 15 is 0 Å². The third-order valence-electron chi connectivity index (χ3n) is 5.83. The second kappa shape index (κ2) is 8.51. The first kappa shape index (κ1) is 21.6. The van der Waals surface area contributed by atoms with Crippen LogP contribution in [0.4, 0.5) is 16.3 Å². The van der Waals surface area contributed by atoms with Gasteiger partial charge in [0.1, 0.15) is 5.82 Å². The number of carbonyl (C=O) groups excluding carboxylic acids is 2. The highest BCUT2D eigenvalue weighted by Gasteiger charge is 2.39. The summed E-state index contributed by atoms with van der Waals surface area (Å²) in [4.78, 5) is 25.4. The van der Waals surface area contributed by atoms with Crippen molar-refractivity contribution in [3.8, 4) is 0 Å². The van der Waals surface area contributed by atoms with E-state index < -0.39 is 12.3 Å². The van der Waals surface area contributed by atoms with Crippen LogP contribution in [-0.2, 0) is 10.2 Å². The Kier molecular flexibility index (Phi) is 5.94. The predicted octanol–water partition coefficient (Wildman–Crippen LogP) is 4.21. The summed E-state index contributed by atoms with van der Waals surface area (Å²) in [5, 5.41) is 17.5. The number of amides is 3. The fraction of sp³-hybridized carbons (Fsp3) is 0.500. The zero-order valence-corrected chi connectivity index (χ0v) is 18.8. The molecule has 1 aliphatic carbocycles. The van der Waals surface area contributed by atoms with Gasteiger partial charge in [0.2, 0.25) is 5.91 Å². The minimum Gasteiger partial charge on any atom is -0.322 e. The third kappa shape index (κ3) is 4.85. The van der Waals surface area contributed by atoms with Crippen LogP contribution in [0.3, 0.4) is 0 Å². The number of aromatic nitrogens is 2. The van der Waals surface area contributed by atoms with Gasteiger partial charge in [-0.2, -0.15) is 5.10 Å². The Morgan fingerprint density at radius 3 is 2.71 bits per heavy atom. The molecule has 3 amide bonds. The second-order valence-corrected chi connectivity index (χ2v) is 9.71. The van der Waals surface area contributed by atoms with Crippen molar-refractivity contribution in [2.75, 3.05) is 10.6 Å². The van der Waals surface area contributed by atoms with E-state index in [1.807, 2.05) is 6.07 Å². The zero-order valence-electron chi connectivity index (χ0n) is 18.0. The Morgan fingerprint density at radius 1 is 1.19 bits per heavy atom. The van der Waals surface area contributed by atoms with E-state index in [1.54, 1.807) is 28.9 Å². The van der Waals surface area contributed by atoms with Crippen molar-refractivity contribution in [2.24, 2.45) is 5.92 Å². The molecule has 9 heteroatoms. The van der Waals surface area contributed by atoms with Gasteiger partial charge in [0, 0.05) is 28.2 Å². The largest absolute Gasteiger partial charge is 0.324 e. The van der Waals surface area contributed by atoms with Crippen LogP contribution < -0.4 is 21.3 Å². The normalized spacial score (nSPS) is 23.6. The van der Waals surface area contributed by atoms with Crippen LogP contribution in [-0.4, -0.2) is 27.8 Å². The van der Waals surface area contributed by atoms with Gasteiger partial charge in [-0.15, -0.1) is 0 Å². The molecular formula is C22H29ClN6O2. The molecule has 0 bridgehead atoms. The monoisotopic (exact) mass is 444 g/mol. The van der Waals surface area contributed by atoms with Crippen LogP contribution in [0.25, 0.3) is 0 Å². The number of nitrogens with one attached hydrogen (secondary N) is 4. The summed E-state index contributed by atoms with van der Waals surface area (Å²) in [5.41, 5.74) is 1.17. The maximum atomic E-state index is 12.7. The van der Waals surface area contributed by atoms with Gasteiger partial charge >= 0.3 is 6.03 Å². The van der Waals surface area contributed by atoms with Crippen molar-refractivity contribution in [3.05, 3.63) is 41.0 Å². The van der Waals surface area contributed by atoms with Crippen LogP contribution in [0.1, 0.15) is 58.4 Å². The van der Waals surface area contributed by atoms with Gasteiger partial charge in [-0.3, -0.25) is 15.4 Å². The molecule has 2 aromatic rings. The predicted molar refractivity (Wildman–Crippen MR) is 121 cm³/mol. The molecule has 2 aliphatic rings. The molecule has 8 nitrogen and oxygen atoms in total. The van der Waals surface area contributed by atoms with Gasteiger partial charge in [-0.25, -0.2) is 9.48 Å². The molecule has 0 spiro atoms. The Morgan fingerprint density at radius 2 is 1.97 bits per heavy atom. The fourth-order valence-electron chi connectivity index (χ4n) is 4.16. The quantitative estimate of drug-likeness (QED) is 0.569. The first-order valence-corrected chi connectivity index (χ1v) is 11.1. The van der Waals surface area contributed by atoms with Crippen LogP contribution >= 0.6 is 11.6 Å². The number of urea groups is 1. The van der Waals surface area contributed by atoms with Gasteiger partial charge < -0.3 is 10.6 Å². The first-order chi connectivity index (χ1) is 14.7. The standard InChI is InChI=1S/C22H29ClN6O2/c1-22(2,3)17-12-18(26-21(31)24-14-8-6-7-13(23)11-14)29(28-17)20-25-16-10-5-4-9-15(16)19(30)27-20/h6-8,11-12,15-16,20,25H,4-5,9-10H2,1-3H3,(H,27,30)(H2,24,26,31). The van der Waals surface area contributed by atoms with Gasteiger partial charge in [0.25, 0.3) is 0 Å². The van der Waals surface area contributed by atoms with E-state index in [9.17, 15) is 9.59 Å². The number of carbonyl (C=O) groups is 2. The average molecular weight is 445 g/mol. The zero-order chi connectivity index (χ0) is 22.2. The molecular weight excluding hydrogens is 416 g/mol. The minimum atomic E-state index is -0.524. The number of hydrogen-bond donors (Lipinski definition) is 4. The topological polar surface area (TPSA) is 100 Å². The number of anilines is 2. The van der Waals surface area contributed by atoms with Crippen molar-refractivity contribution in [3.63, 3.8) is 0 Å². The van der Waals surface area contributed by atoms with E-state index in [4.69, 9.17) is 16.7 Å². The van der Waals surface area contributed by atoms with E-state index in [2.05, 4.69) is 42.0 Å². The molecule has 4 rings (SSSR count). The molecule has 4 N–H and O–H groups in total. The summed E-state index contributed by atoms with van der Waals surface area (Å²) in [6, 6.07) is 8.48. The van der Waals surface area contributed by atoms with Gasteiger partial charge in [-0.1, -0.05) is 51.3 Å². The Hall–Kier alpha value is -2.58. The summed E-state index contributed by atoms with van der Waals surface area (Å²) < 4.78 is 1.65. The minimum absolute atomic E-state index is 0.00909. The summed E-state index contributed by atoms with van der Waals surface area (Å²) >= 11 is 6.00. The molecule has 1 saturated carbocycles. The molecule has 2 heterocycles. The van der Waals surface area contributed by atoms with Gasteiger partial charge in [0.15, 0.2) is 6.29 Å². The number of nitrogens with zero attached hydrogens (tertiary/aromatic N) is 2. The fourth-order valence-corrected chi connectivity index (χ4v) is 4.35. The van der Waals surface area contributed by atoms with Crippen molar-refractivity contribution in [1.29, 1.82) is 0 Å². The summed E-state index contributed by atoms with van der Waals surface area (Å²) in [6.45, 7) is 6.17. The maximum absolute atomic E-state index is 12.7. The smallest absolute Gasteiger partial charge is 0.322 e. The van der Waals surface area contributed by atoms with Gasteiger partial charge in [0.05, 0.1) is 11.6 Å². The van der Waals surface area contributed by atoms with E-state index in [1.165, 1.54) is 0 Å². The lowest BCUT2D eigenvalue weighted by Gasteiger charge is -2.40. The summed E-state index contributed by atoms with van der Waals surface area (Å²) in [5.74, 6) is 0.525.